The van der Waals surface area contributed by atoms with Crippen molar-refractivity contribution < 1.29 is 22.8 Å². The summed E-state index contributed by atoms with van der Waals surface area (Å²) in [5.41, 5.74) is 0.509. The molecule has 0 aliphatic rings. The van der Waals surface area contributed by atoms with E-state index in [1.54, 1.807) is 25.1 Å². The molecule has 0 aromatic heterocycles. The Hall–Kier alpha value is -2.65. The van der Waals surface area contributed by atoms with Crippen molar-refractivity contribution in [2.24, 2.45) is 0 Å². The Morgan fingerprint density at radius 1 is 1.04 bits per heavy atom. The highest BCUT2D eigenvalue weighted by Crippen LogP contribution is 2.30. The highest BCUT2D eigenvalue weighted by atomic mass is 32.2. The first-order chi connectivity index (χ1) is 11.8. The van der Waals surface area contributed by atoms with Gasteiger partial charge in [-0.05, 0) is 36.8 Å². The molecule has 0 heterocycles. The summed E-state index contributed by atoms with van der Waals surface area (Å²) in [5.74, 6) is 1.03. The molecule has 1 atom stereocenters. The molecule has 0 saturated heterocycles. The maximum Gasteiger partial charge on any atom is 0.269 e. The highest BCUT2D eigenvalue weighted by molar-refractivity contribution is 7.89. The van der Waals surface area contributed by atoms with Crippen molar-refractivity contribution in [3.8, 4) is 11.5 Å². The second kappa shape index (κ2) is 7.49. The van der Waals surface area contributed by atoms with Crippen LogP contribution >= 0.6 is 0 Å². The second-order valence-electron chi connectivity index (χ2n) is 5.21. The number of nitrogens with zero attached hydrogens (tertiary/aromatic N) is 1. The molecule has 25 heavy (non-hydrogen) atoms. The lowest BCUT2D eigenvalue weighted by Crippen LogP contribution is -2.26. The Kier molecular flexibility index (Phi) is 5.60. The summed E-state index contributed by atoms with van der Waals surface area (Å²) in [4.78, 5) is 10.0. The first kappa shape index (κ1) is 18.7. The van der Waals surface area contributed by atoms with E-state index in [9.17, 15) is 18.5 Å². The van der Waals surface area contributed by atoms with Gasteiger partial charge in [-0.3, -0.25) is 10.1 Å². The van der Waals surface area contributed by atoms with E-state index in [-0.39, 0.29) is 10.6 Å². The summed E-state index contributed by atoms with van der Waals surface area (Å²) in [5, 5.41) is 10.7. The molecule has 0 spiro atoms. The predicted octanol–water partition coefficient (Wildman–Crippen LogP) is 2.65. The smallest absolute Gasteiger partial charge is 0.269 e. The maximum absolute atomic E-state index is 12.4. The molecule has 2 aromatic carbocycles. The molecule has 9 heteroatoms. The van der Waals surface area contributed by atoms with E-state index in [2.05, 4.69) is 4.72 Å². The molecule has 0 saturated carbocycles. The van der Waals surface area contributed by atoms with Crippen LogP contribution < -0.4 is 14.2 Å². The number of nitro groups is 1. The van der Waals surface area contributed by atoms with E-state index in [0.29, 0.717) is 17.1 Å². The summed E-state index contributed by atoms with van der Waals surface area (Å²) in [6.07, 6.45) is 0. The van der Waals surface area contributed by atoms with Gasteiger partial charge < -0.3 is 9.47 Å². The van der Waals surface area contributed by atoms with E-state index < -0.39 is 21.0 Å². The molecule has 0 aliphatic carbocycles. The molecule has 1 N–H and O–H groups in total. The Morgan fingerprint density at radius 3 is 2.16 bits per heavy atom. The normalized spacial score (nSPS) is 12.4. The van der Waals surface area contributed by atoms with Gasteiger partial charge in [0.15, 0.2) is 11.5 Å². The zero-order valence-corrected chi connectivity index (χ0v) is 14.7. The quantitative estimate of drug-likeness (QED) is 0.596. The average molecular weight is 366 g/mol. The molecule has 0 bridgehead atoms. The molecule has 8 nitrogen and oxygen atoms in total. The fraction of sp³-hybridized carbons (Fsp3) is 0.250. The third-order valence-corrected chi connectivity index (χ3v) is 5.15. The number of methoxy groups -OCH3 is 2. The van der Waals surface area contributed by atoms with Gasteiger partial charge in [0.1, 0.15) is 0 Å². The number of hydrogen-bond donors (Lipinski definition) is 1. The molecule has 0 radical (unpaired) electrons. The Morgan fingerprint density at radius 2 is 1.64 bits per heavy atom. The number of rotatable bonds is 7. The highest BCUT2D eigenvalue weighted by Gasteiger charge is 2.20. The van der Waals surface area contributed by atoms with E-state index >= 15 is 0 Å². The Labute approximate surface area is 145 Å². The van der Waals surface area contributed by atoms with Gasteiger partial charge in [0, 0.05) is 18.2 Å². The standard InChI is InChI=1S/C16H18N2O6S/c1-11(12-4-9-15(23-2)16(10-12)24-3)17-25(21,22)14-7-5-13(6-8-14)18(19)20/h4-11,17H,1-3H3. The lowest BCUT2D eigenvalue weighted by atomic mass is 10.1. The number of nitro benzene ring substituents is 1. The van der Waals surface area contributed by atoms with Crippen LogP contribution in [-0.4, -0.2) is 27.6 Å². The number of sulfonamides is 1. The topological polar surface area (TPSA) is 108 Å². The number of non-ortho nitro benzene ring substituents is 1. The monoisotopic (exact) mass is 366 g/mol. The molecule has 2 aromatic rings. The average Bonchev–Trinajstić information content (AvgIpc) is 2.60. The number of ether oxygens (including phenoxy) is 2. The number of nitrogens with one attached hydrogen (secondary N) is 1. The van der Waals surface area contributed by atoms with Crippen LogP contribution in [-0.2, 0) is 10.0 Å². The van der Waals surface area contributed by atoms with Crippen LogP contribution in [0.2, 0.25) is 0 Å². The van der Waals surface area contributed by atoms with Crippen molar-refractivity contribution in [3.63, 3.8) is 0 Å². The summed E-state index contributed by atoms with van der Waals surface area (Å²) < 4.78 is 37.8. The van der Waals surface area contributed by atoms with Crippen LogP contribution in [0.25, 0.3) is 0 Å². The van der Waals surface area contributed by atoms with Gasteiger partial charge in [-0.15, -0.1) is 0 Å². The SMILES string of the molecule is COc1ccc(C(C)NS(=O)(=O)c2ccc([N+](=O)[O-])cc2)cc1OC. The van der Waals surface area contributed by atoms with E-state index in [4.69, 9.17) is 9.47 Å². The molecular formula is C16H18N2O6S. The third kappa shape index (κ3) is 4.25. The zero-order chi connectivity index (χ0) is 18.6. The summed E-state index contributed by atoms with van der Waals surface area (Å²) in [6.45, 7) is 1.68. The Bertz CT molecular complexity index is 865. The zero-order valence-electron chi connectivity index (χ0n) is 13.9. The first-order valence-electron chi connectivity index (χ1n) is 7.27. The van der Waals surface area contributed by atoms with Gasteiger partial charge in [-0.1, -0.05) is 6.07 Å². The van der Waals surface area contributed by atoms with Gasteiger partial charge in [0.2, 0.25) is 10.0 Å². The minimum Gasteiger partial charge on any atom is -0.493 e. The number of benzene rings is 2. The van der Waals surface area contributed by atoms with Crippen molar-refractivity contribution in [3.05, 3.63) is 58.1 Å². The molecule has 2 rings (SSSR count). The minimum atomic E-state index is -3.83. The van der Waals surface area contributed by atoms with Gasteiger partial charge >= 0.3 is 0 Å². The van der Waals surface area contributed by atoms with E-state index in [1.165, 1.54) is 26.4 Å². The summed E-state index contributed by atoms with van der Waals surface area (Å²) in [6, 6.07) is 9.24. The van der Waals surface area contributed by atoms with E-state index in [1.807, 2.05) is 0 Å². The first-order valence-corrected chi connectivity index (χ1v) is 8.75. The molecule has 0 fully saturated rings. The second-order valence-corrected chi connectivity index (χ2v) is 6.92. The van der Waals surface area contributed by atoms with Gasteiger partial charge in [-0.25, -0.2) is 13.1 Å². The van der Waals surface area contributed by atoms with Gasteiger partial charge in [0.05, 0.1) is 24.0 Å². The fourth-order valence-corrected chi connectivity index (χ4v) is 3.47. The lowest BCUT2D eigenvalue weighted by molar-refractivity contribution is -0.384. The van der Waals surface area contributed by atoms with Crippen molar-refractivity contribution in [1.29, 1.82) is 0 Å². The van der Waals surface area contributed by atoms with Crippen molar-refractivity contribution in [2.75, 3.05) is 14.2 Å². The van der Waals surface area contributed by atoms with Gasteiger partial charge in [0.25, 0.3) is 5.69 Å². The fourth-order valence-electron chi connectivity index (χ4n) is 2.24. The third-order valence-electron chi connectivity index (χ3n) is 3.60. The van der Waals surface area contributed by atoms with Gasteiger partial charge in [-0.2, -0.15) is 0 Å². The molecule has 134 valence electrons. The van der Waals surface area contributed by atoms with Crippen molar-refractivity contribution >= 4 is 15.7 Å². The number of hydrogen-bond acceptors (Lipinski definition) is 6. The molecule has 1 unspecified atom stereocenters. The molecule has 0 amide bonds. The van der Waals surface area contributed by atoms with Crippen molar-refractivity contribution in [2.45, 2.75) is 17.9 Å². The van der Waals surface area contributed by atoms with E-state index in [0.717, 1.165) is 12.1 Å². The van der Waals surface area contributed by atoms with Crippen molar-refractivity contribution in [1.82, 2.24) is 4.72 Å². The minimum absolute atomic E-state index is 0.0505. The lowest BCUT2D eigenvalue weighted by Gasteiger charge is -2.16. The Balaban J connectivity index is 2.23. The van der Waals surface area contributed by atoms with Crippen LogP contribution in [0.4, 0.5) is 5.69 Å². The van der Waals surface area contributed by atoms with Crippen LogP contribution in [0.15, 0.2) is 47.4 Å². The molecular weight excluding hydrogens is 348 g/mol. The summed E-state index contributed by atoms with van der Waals surface area (Å²) >= 11 is 0. The summed E-state index contributed by atoms with van der Waals surface area (Å²) in [7, 11) is -0.824. The largest absolute Gasteiger partial charge is 0.493 e. The predicted molar refractivity (Wildman–Crippen MR) is 91.4 cm³/mol. The van der Waals surface area contributed by atoms with Crippen LogP contribution in [0.1, 0.15) is 18.5 Å². The maximum atomic E-state index is 12.4. The van der Waals surface area contributed by atoms with Crippen LogP contribution in [0, 0.1) is 10.1 Å². The van der Waals surface area contributed by atoms with Crippen LogP contribution in [0.5, 0.6) is 11.5 Å². The van der Waals surface area contributed by atoms with Crippen LogP contribution in [0.3, 0.4) is 0 Å². The molecule has 0 aliphatic heterocycles.